The fourth-order valence-electron chi connectivity index (χ4n) is 1.88. The molecule has 0 aliphatic carbocycles. The van der Waals surface area contributed by atoms with E-state index in [9.17, 15) is 0 Å². The van der Waals surface area contributed by atoms with Gasteiger partial charge in [-0.05, 0) is 79.9 Å². The van der Waals surface area contributed by atoms with E-state index < -0.39 is 0 Å². The molecular weight excluding hydrogens is 569 g/mol. The second kappa shape index (κ2) is 7.79. The zero-order chi connectivity index (χ0) is 13.0. The molecule has 3 nitrogen and oxygen atoms in total. The fraction of sp³-hybridized carbons (Fsp3) is 0.500. The lowest BCUT2D eigenvalue weighted by atomic mass is 10.3. The third kappa shape index (κ3) is 4.60. The number of hydrogen-bond donors (Lipinski definition) is 1. The van der Waals surface area contributed by atoms with Crippen molar-refractivity contribution in [3.8, 4) is 5.75 Å². The lowest BCUT2D eigenvalue weighted by Gasteiger charge is -2.27. The van der Waals surface area contributed by atoms with Crippen LogP contribution in [0, 0.1) is 10.7 Å². The summed E-state index contributed by atoms with van der Waals surface area (Å²) in [5.41, 5.74) is 0. The molecule has 1 N–H and O–H groups in total. The zero-order valence-corrected chi connectivity index (χ0v) is 16.4. The Hall–Kier alpha value is 1.13. The van der Waals surface area contributed by atoms with Crippen LogP contribution in [0.5, 0.6) is 5.75 Å². The summed E-state index contributed by atoms with van der Waals surface area (Å²) in [7, 11) is 0. The molecule has 1 aromatic carbocycles. The summed E-state index contributed by atoms with van der Waals surface area (Å²) in [6, 6.07) is 4.31. The Balaban J connectivity index is 1.86. The highest BCUT2D eigenvalue weighted by molar-refractivity contribution is 14.1. The van der Waals surface area contributed by atoms with Crippen LogP contribution < -0.4 is 10.1 Å². The van der Waals surface area contributed by atoms with E-state index in [1.807, 2.05) is 0 Å². The molecular formula is C12H15I3N2O. The minimum atomic E-state index is 0.770. The summed E-state index contributed by atoms with van der Waals surface area (Å²) in [6.07, 6.45) is 0. The van der Waals surface area contributed by atoms with Crippen LogP contribution in [0.2, 0.25) is 0 Å². The van der Waals surface area contributed by atoms with Gasteiger partial charge in [0, 0.05) is 36.3 Å². The second-order valence-corrected chi connectivity index (χ2v) is 7.71. The Labute approximate surface area is 149 Å². The monoisotopic (exact) mass is 584 g/mol. The zero-order valence-electron chi connectivity index (χ0n) is 9.89. The summed E-state index contributed by atoms with van der Waals surface area (Å²) in [5, 5.41) is 3.36. The van der Waals surface area contributed by atoms with Crippen molar-refractivity contribution in [2.45, 2.75) is 0 Å². The number of piperazine rings is 1. The molecule has 0 bridgehead atoms. The van der Waals surface area contributed by atoms with Crippen LogP contribution in [0.15, 0.2) is 12.1 Å². The normalized spacial score (nSPS) is 16.8. The van der Waals surface area contributed by atoms with Crippen molar-refractivity contribution in [1.82, 2.24) is 10.2 Å². The lowest BCUT2D eigenvalue weighted by Crippen LogP contribution is -2.44. The molecule has 18 heavy (non-hydrogen) atoms. The van der Waals surface area contributed by atoms with E-state index in [0.717, 1.165) is 45.1 Å². The van der Waals surface area contributed by atoms with Crippen molar-refractivity contribution < 1.29 is 4.74 Å². The fourth-order valence-corrected chi connectivity index (χ4v) is 5.77. The van der Waals surface area contributed by atoms with Crippen LogP contribution in [0.3, 0.4) is 0 Å². The molecule has 1 saturated heterocycles. The summed E-state index contributed by atoms with van der Waals surface area (Å²) < 4.78 is 9.60. The third-order valence-electron chi connectivity index (χ3n) is 2.83. The van der Waals surface area contributed by atoms with Crippen LogP contribution in [0.25, 0.3) is 0 Å². The molecule has 6 heteroatoms. The highest BCUT2D eigenvalue weighted by atomic mass is 127. The molecule has 0 radical (unpaired) electrons. The van der Waals surface area contributed by atoms with Crippen LogP contribution in [-0.4, -0.2) is 44.2 Å². The molecule has 1 aromatic rings. The minimum absolute atomic E-state index is 0.770. The first-order valence-electron chi connectivity index (χ1n) is 5.87. The van der Waals surface area contributed by atoms with Crippen molar-refractivity contribution in [2.24, 2.45) is 0 Å². The average Bonchev–Trinajstić information content (AvgIpc) is 2.34. The standard InChI is InChI=1S/C12H15I3N2O/c13-9-7-10(14)12(11(15)8-9)18-6-5-17-3-1-16-2-4-17/h7-8,16H,1-6H2. The van der Waals surface area contributed by atoms with Crippen molar-refractivity contribution in [3.63, 3.8) is 0 Å². The number of rotatable bonds is 4. The predicted octanol–water partition coefficient (Wildman–Crippen LogP) is 2.78. The molecule has 0 atom stereocenters. The first-order valence-corrected chi connectivity index (χ1v) is 9.11. The Morgan fingerprint density at radius 2 is 1.72 bits per heavy atom. The molecule has 0 aromatic heterocycles. The molecule has 0 spiro atoms. The van der Waals surface area contributed by atoms with E-state index in [1.165, 1.54) is 10.7 Å². The molecule has 1 aliphatic heterocycles. The molecule has 2 rings (SSSR count). The second-order valence-electron chi connectivity index (χ2n) is 4.14. The topological polar surface area (TPSA) is 24.5 Å². The van der Waals surface area contributed by atoms with Gasteiger partial charge in [0.15, 0.2) is 0 Å². The number of benzene rings is 1. The quantitative estimate of drug-likeness (QED) is 0.552. The van der Waals surface area contributed by atoms with E-state index >= 15 is 0 Å². The Bertz CT molecular complexity index is 385. The van der Waals surface area contributed by atoms with Gasteiger partial charge in [-0.3, -0.25) is 4.90 Å². The van der Waals surface area contributed by atoms with Gasteiger partial charge in [0.25, 0.3) is 0 Å². The van der Waals surface area contributed by atoms with Crippen LogP contribution in [0.1, 0.15) is 0 Å². The van der Waals surface area contributed by atoms with E-state index in [-0.39, 0.29) is 0 Å². The Morgan fingerprint density at radius 3 is 2.33 bits per heavy atom. The summed E-state index contributed by atoms with van der Waals surface area (Å²) in [5.74, 6) is 1.03. The largest absolute Gasteiger partial charge is 0.490 e. The Morgan fingerprint density at radius 1 is 1.11 bits per heavy atom. The smallest absolute Gasteiger partial charge is 0.146 e. The first kappa shape index (κ1) is 15.5. The maximum absolute atomic E-state index is 5.94. The highest BCUT2D eigenvalue weighted by Gasteiger charge is 2.11. The lowest BCUT2D eigenvalue weighted by molar-refractivity contribution is 0.190. The molecule has 1 heterocycles. The van der Waals surface area contributed by atoms with E-state index in [1.54, 1.807) is 0 Å². The molecule has 100 valence electrons. The number of ether oxygens (including phenoxy) is 1. The van der Waals surface area contributed by atoms with Crippen LogP contribution >= 0.6 is 67.8 Å². The molecule has 0 amide bonds. The first-order chi connectivity index (χ1) is 8.66. The molecule has 0 saturated carbocycles. The van der Waals surface area contributed by atoms with Gasteiger partial charge < -0.3 is 10.1 Å². The van der Waals surface area contributed by atoms with Gasteiger partial charge in [-0.2, -0.15) is 0 Å². The summed E-state index contributed by atoms with van der Waals surface area (Å²) in [4.78, 5) is 2.45. The minimum Gasteiger partial charge on any atom is -0.490 e. The van der Waals surface area contributed by atoms with Gasteiger partial charge in [0.1, 0.15) is 12.4 Å². The number of nitrogens with one attached hydrogen (secondary N) is 1. The molecule has 1 fully saturated rings. The van der Waals surface area contributed by atoms with Gasteiger partial charge in [-0.25, -0.2) is 0 Å². The molecule has 0 unspecified atom stereocenters. The maximum Gasteiger partial charge on any atom is 0.146 e. The van der Waals surface area contributed by atoms with Gasteiger partial charge in [-0.15, -0.1) is 0 Å². The number of hydrogen-bond acceptors (Lipinski definition) is 3. The predicted molar refractivity (Wildman–Crippen MR) is 99.4 cm³/mol. The summed E-state index contributed by atoms with van der Waals surface area (Å²) in [6.45, 7) is 6.23. The highest BCUT2D eigenvalue weighted by Crippen LogP contribution is 2.29. The Kier molecular flexibility index (Phi) is 6.72. The average molecular weight is 584 g/mol. The van der Waals surface area contributed by atoms with Gasteiger partial charge in [0.05, 0.1) is 7.14 Å². The van der Waals surface area contributed by atoms with E-state index in [4.69, 9.17) is 4.74 Å². The van der Waals surface area contributed by atoms with E-state index in [2.05, 4.69) is 90.1 Å². The van der Waals surface area contributed by atoms with Crippen LogP contribution in [0.4, 0.5) is 0 Å². The molecule has 1 aliphatic rings. The number of halogens is 3. The van der Waals surface area contributed by atoms with E-state index in [0.29, 0.717) is 0 Å². The van der Waals surface area contributed by atoms with Gasteiger partial charge >= 0.3 is 0 Å². The van der Waals surface area contributed by atoms with Crippen molar-refractivity contribution in [1.29, 1.82) is 0 Å². The van der Waals surface area contributed by atoms with Crippen molar-refractivity contribution in [3.05, 3.63) is 22.8 Å². The SMILES string of the molecule is Ic1cc(I)c(OCCN2CCNCC2)c(I)c1. The summed E-state index contributed by atoms with van der Waals surface area (Å²) >= 11 is 7.04. The van der Waals surface area contributed by atoms with Crippen molar-refractivity contribution >= 4 is 67.8 Å². The van der Waals surface area contributed by atoms with Gasteiger partial charge in [-0.1, -0.05) is 0 Å². The van der Waals surface area contributed by atoms with Crippen molar-refractivity contribution in [2.75, 3.05) is 39.3 Å². The maximum atomic E-state index is 5.94. The number of nitrogens with zero attached hydrogens (tertiary/aromatic N) is 1. The van der Waals surface area contributed by atoms with Crippen LogP contribution in [-0.2, 0) is 0 Å². The third-order valence-corrected chi connectivity index (χ3v) is 5.05. The van der Waals surface area contributed by atoms with Gasteiger partial charge in [0.2, 0.25) is 0 Å².